The second-order valence-corrected chi connectivity index (χ2v) is 8.10. The number of amidine groups is 1. The van der Waals surface area contributed by atoms with Gasteiger partial charge in [0.25, 0.3) is 0 Å². The minimum atomic E-state index is -4.12. The molecule has 0 heterocycles. The minimum Gasteiger partial charge on any atom is -0.384 e. The number of nitrogens with one attached hydrogen (secondary N) is 2. The van der Waals surface area contributed by atoms with Gasteiger partial charge in [0.1, 0.15) is 11.7 Å². The van der Waals surface area contributed by atoms with Gasteiger partial charge in [-0.15, -0.1) is 0 Å². The van der Waals surface area contributed by atoms with E-state index in [1.165, 1.54) is 0 Å². The van der Waals surface area contributed by atoms with Crippen LogP contribution in [-0.4, -0.2) is 34.0 Å². The summed E-state index contributed by atoms with van der Waals surface area (Å²) >= 11 is 0. The van der Waals surface area contributed by atoms with Crippen LogP contribution in [0, 0.1) is 11.2 Å². The van der Waals surface area contributed by atoms with Crippen LogP contribution in [-0.2, 0) is 19.9 Å². The van der Waals surface area contributed by atoms with Crippen molar-refractivity contribution in [1.29, 1.82) is 5.41 Å². The molecule has 106 valence electrons. The Morgan fingerprint density at radius 1 is 1.37 bits per heavy atom. The molecule has 0 bridgehead atoms. The van der Waals surface area contributed by atoms with Crippen LogP contribution in [0.4, 0.5) is 10.1 Å². The fourth-order valence-corrected chi connectivity index (χ4v) is 4.26. The van der Waals surface area contributed by atoms with Crippen LogP contribution in [0.1, 0.15) is 5.56 Å². The molecule has 7 nitrogen and oxygen atoms in total. The number of nitrogens with two attached hydrogens (primary N) is 1. The standard InChI is InChI=1S/C9H12FN3O4S2/c1-18(14,15)5-19(16,17)13-6-2-3-8(10)7(4-6)9(11)12/h2-4,13H,5H2,1H3,(H3,11,12). The maximum Gasteiger partial charge on any atom is 0.247 e. The minimum absolute atomic E-state index is 0.0738. The number of hydrogen-bond acceptors (Lipinski definition) is 5. The average molecular weight is 309 g/mol. The number of benzene rings is 1. The summed E-state index contributed by atoms with van der Waals surface area (Å²) in [5.74, 6) is -1.35. The highest BCUT2D eigenvalue weighted by Crippen LogP contribution is 2.16. The molecule has 0 aliphatic carbocycles. The van der Waals surface area contributed by atoms with E-state index < -0.39 is 36.6 Å². The largest absolute Gasteiger partial charge is 0.384 e. The predicted octanol–water partition coefficient (Wildman–Crippen LogP) is -0.146. The Kier molecular flexibility index (Phi) is 4.15. The van der Waals surface area contributed by atoms with Crippen molar-refractivity contribution in [2.24, 2.45) is 5.73 Å². The van der Waals surface area contributed by atoms with Crippen molar-refractivity contribution < 1.29 is 21.2 Å². The zero-order valence-corrected chi connectivity index (χ0v) is 11.5. The van der Waals surface area contributed by atoms with E-state index in [2.05, 4.69) is 0 Å². The molecule has 1 aromatic carbocycles. The van der Waals surface area contributed by atoms with Gasteiger partial charge < -0.3 is 5.73 Å². The van der Waals surface area contributed by atoms with Gasteiger partial charge in [-0.2, -0.15) is 0 Å². The van der Waals surface area contributed by atoms with Crippen molar-refractivity contribution >= 4 is 31.4 Å². The van der Waals surface area contributed by atoms with Gasteiger partial charge in [0, 0.05) is 11.9 Å². The van der Waals surface area contributed by atoms with Crippen LogP contribution in [0.3, 0.4) is 0 Å². The van der Waals surface area contributed by atoms with E-state index in [9.17, 15) is 21.2 Å². The molecular formula is C9H12FN3O4S2. The summed E-state index contributed by atoms with van der Waals surface area (Å²) in [4.78, 5) is 0. The molecule has 0 saturated heterocycles. The van der Waals surface area contributed by atoms with Gasteiger partial charge in [0.15, 0.2) is 14.9 Å². The smallest absolute Gasteiger partial charge is 0.247 e. The Hall–Kier alpha value is -1.68. The molecule has 10 heteroatoms. The van der Waals surface area contributed by atoms with Gasteiger partial charge in [-0.05, 0) is 18.2 Å². The van der Waals surface area contributed by atoms with Crippen molar-refractivity contribution in [3.05, 3.63) is 29.6 Å². The summed E-state index contributed by atoms with van der Waals surface area (Å²) in [7, 11) is -7.85. The lowest BCUT2D eigenvalue weighted by atomic mass is 10.2. The van der Waals surface area contributed by atoms with Crippen LogP contribution in [0.2, 0.25) is 0 Å². The average Bonchev–Trinajstić information content (AvgIpc) is 2.16. The second-order valence-electron chi connectivity index (χ2n) is 3.87. The molecule has 0 aliphatic rings. The lowest BCUT2D eigenvalue weighted by Gasteiger charge is -2.09. The molecule has 19 heavy (non-hydrogen) atoms. The Labute approximate surface area is 110 Å². The van der Waals surface area contributed by atoms with Gasteiger partial charge in [-0.25, -0.2) is 21.2 Å². The van der Waals surface area contributed by atoms with Crippen LogP contribution >= 0.6 is 0 Å². The highest BCUT2D eigenvalue weighted by molar-refractivity contribution is 8.08. The summed E-state index contributed by atoms with van der Waals surface area (Å²) in [6, 6.07) is 3.04. The normalized spacial score (nSPS) is 12.1. The van der Waals surface area contributed by atoms with Crippen molar-refractivity contribution in [2.75, 3.05) is 16.1 Å². The summed E-state index contributed by atoms with van der Waals surface area (Å²) in [6.07, 6.45) is 0.776. The number of hydrogen-bond donors (Lipinski definition) is 3. The third-order valence-electron chi connectivity index (χ3n) is 1.90. The van der Waals surface area contributed by atoms with Gasteiger partial charge >= 0.3 is 0 Å². The summed E-state index contributed by atoms with van der Waals surface area (Å²) in [6.45, 7) is 0. The van der Waals surface area contributed by atoms with Crippen LogP contribution < -0.4 is 10.5 Å². The second kappa shape index (κ2) is 5.13. The number of anilines is 1. The molecule has 0 atom stereocenters. The zero-order valence-electron chi connectivity index (χ0n) is 9.84. The summed E-state index contributed by atoms with van der Waals surface area (Å²) < 4.78 is 60.1. The number of sulfonamides is 1. The molecule has 1 aromatic rings. The van der Waals surface area contributed by atoms with Crippen LogP contribution in [0.5, 0.6) is 0 Å². The highest BCUT2D eigenvalue weighted by atomic mass is 32.3. The third-order valence-corrected chi connectivity index (χ3v) is 5.40. The monoisotopic (exact) mass is 309 g/mol. The number of nitrogen functional groups attached to an aromatic ring is 1. The third kappa shape index (κ3) is 4.83. The Balaban J connectivity index is 3.07. The quantitative estimate of drug-likeness (QED) is 0.514. The maximum atomic E-state index is 13.2. The Morgan fingerprint density at radius 3 is 2.42 bits per heavy atom. The van der Waals surface area contributed by atoms with Crippen LogP contribution in [0.15, 0.2) is 18.2 Å². The lowest BCUT2D eigenvalue weighted by Crippen LogP contribution is -2.22. The summed E-state index contributed by atoms with van der Waals surface area (Å²) in [5.41, 5.74) is 4.77. The first-order chi connectivity index (χ1) is 8.50. The summed E-state index contributed by atoms with van der Waals surface area (Å²) in [5, 5.41) is 6.02. The predicted molar refractivity (Wildman–Crippen MR) is 69.7 cm³/mol. The number of sulfone groups is 1. The first kappa shape index (κ1) is 15.4. The molecule has 0 saturated carbocycles. The molecule has 0 amide bonds. The topological polar surface area (TPSA) is 130 Å². The molecule has 0 unspecified atom stereocenters. The van der Waals surface area contributed by atoms with Crippen molar-refractivity contribution in [3.8, 4) is 0 Å². The van der Waals surface area contributed by atoms with E-state index in [0.717, 1.165) is 24.5 Å². The molecule has 0 aromatic heterocycles. The van der Waals surface area contributed by atoms with Gasteiger partial charge in [0.2, 0.25) is 10.0 Å². The molecule has 4 N–H and O–H groups in total. The van der Waals surface area contributed by atoms with Crippen molar-refractivity contribution in [3.63, 3.8) is 0 Å². The van der Waals surface area contributed by atoms with Crippen molar-refractivity contribution in [2.45, 2.75) is 0 Å². The van der Waals surface area contributed by atoms with Gasteiger partial charge in [0.05, 0.1) is 5.56 Å². The molecule has 0 aliphatic heterocycles. The number of rotatable bonds is 5. The van der Waals surface area contributed by atoms with E-state index in [4.69, 9.17) is 11.1 Å². The van der Waals surface area contributed by atoms with Gasteiger partial charge in [-0.1, -0.05) is 0 Å². The van der Waals surface area contributed by atoms with E-state index in [-0.39, 0.29) is 11.3 Å². The molecule has 0 fully saturated rings. The lowest BCUT2D eigenvalue weighted by molar-refractivity contribution is 0.594. The van der Waals surface area contributed by atoms with E-state index in [1.807, 2.05) is 4.72 Å². The highest BCUT2D eigenvalue weighted by Gasteiger charge is 2.18. The first-order valence-corrected chi connectivity index (χ1v) is 8.53. The molecule has 0 radical (unpaired) electrons. The fraction of sp³-hybridized carbons (Fsp3) is 0.222. The zero-order chi connectivity index (χ0) is 14.8. The fourth-order valence-electron chi connectivity index (χ4n) is 1.29. The SMILES string of the molecule is CS(=O)(=O)CS(=O)(=O)Nc1ccc(F)c(C(=N)N)c1. The van der Waals surface area contributed by atoms with E-state index in [0.29, 0.717) is 0 Å². The molecule has 1 rings (SSSR count). The van der Waals surface area contributed by atoms with E-state index in [1.54, 1.807) is 0 Å². The van der Waals surface area contributed by atoms with Crippen LogP contribution in [0.25, 0.3) is 0 Å². The maximum absolute atomic E-state index is 13.2. The van der Waals surface area contributed by atoms with Gasteiger partial charge in [-0.3, -0.25) is 10.1 Å². The Morgan fingerprint density at radius 2 is 1.95 bits per heavy atom. The molecular weight excluding hydrogens is 297 g/mol. The van der Waals surface area contributed by atoms with Crippen molar-refractivity contribution in [1.82, 2.24) is 0 Å². The molecule has 0 spiro atoms. The number of halogens is 1. The first-order valence-electron chi connectivity index (χ1n) is 4.82. The Bertz CT molecular complexity index is 713. The van der Waals surface area contributed by atoms with E-state index >= 15 is 0 Å².